The molecule has 1 atom stereocenters. The van der Waals surface area contributed by atoms with Gasteiger partial charge in [0.15, 0.2) is 0 Å². The molecular formula is C14H15BrNO3P. The Morgan fingerprint density at radius 1 is 1.05 bits per heavy atom. The van der Waals surface area contributed by atoms with Gasteiger partial charge in [-0.1, -0.05) is 12.1 Å². The van der Waals surface area contributed by atoms with Crippen LogP contribution in [-0.2, 0) is 4.57 Å². The molecule has 0 amide bonds. The molecule has 0 unspecified atom stereocenters. The summed E-state index contributed by atoms with van der Waals surface area (Å²) in [5.41, 5.74) is 0.729. The van der Waals surface area contributed by atoms with Gasteiger partial charge in [0.1, 0.15) is 11.5 Å². The van der Waals surface area contributed by atoms with Gasteiger partial charge in [-0.15, -0.1) is 0 Å². The number of hydrogen-bond acceptors (Lipinski definition) is 3. The molecule has 20 heavy (non-hydrogen) atoms. The van der Waals surface area contributed by atoms with E-state index in [1.165, 1.54) is 6.66 Å². The van der Waals surface area contributed by atoms with Gasteiger partial charge in [0, 0.05) is 11.1 Å². The first-order valence-corrected chi connectivity index (χ1v) is 8.81. The maximum absolute atomic E-state index is 12.5. The molecule has 1 N–H and O–H groups in total. The molecular weight excluding hydrogens is 341 g/mol. The topological polar surface area (TPSA) is 47.6 Å². The van der Waals surface area contributed by atoms with Crippen molar-refractivity contribution in [2.24, 2.45) is 0 Å². The fraction of sp³-hybridized carbons (Fsp3) is 0.143. The molecule has 0 aliphatic heterocycles. The minimum Gasteiger partial charge on any atom is -0.497 e. The smallest absolute Gasteiger partial charge is 0.338 e. The lowest BCUT2D eigenvalue weighted by Crippen LogP contribution is -2.02. The summed E-state index contributed by atoms with van der Waals surface area (Å²) in [6.07, 6.45) is 0. The van der Waals surface area contributed by atoms with Crippen molar-refractivity contribution in [1.82, 2.24) is 0 Å². The van der Waals surface area contributed by atoms with Crippen molar-refractivity contribution in [3.8, 4) is 11.5 Å². The van der Waals surface area contributed by atoms with Crippen LogP contribution in [0.1, 0.15) is 0 Å². The van der Waals surface area contributed by atoms with Crippen molar-refractivity contribution in [3.63, 3.8) is 0 Å². The van der Waals surface area contributed by atoms with E-state index in [2.05, 4.69) is 21.0 Å². The van der Waals surface area contributed by atoms with Gasteiger partial charge in [-0.25, -0.2) is 0 Å². The quantitative estimate of drug-likeness (QED) is 0.784. The van der Waals surface area contributed by atoms with Crippen molar-refractivity contribution in [2.45, 2.75) is 0 Å². The van der Waals surface area contributed by atoms with E-state index in [0.717, 1.165) is 15.9 Å². The number of halogens is 1. The lowest BCUT2D eigenvalue weighted by molar-refractivity contribution is 0.413. The predicted octanol–water partition coefficient (Wildman–Crippen LogP) is 4.77. The van der Waals surface area contributed by atoms with Gasteiger partial charge in [-0.3, -0.25) is 4.57 Å². The van der Waals surface area contributed by atoms with Crippen LogP contribution in [0.25, 0.3) is 0 Å². The number of anilines is 1. The Bertz CT molecular complexity index is 631. The van der Waals surface area contributed by atoms with E-state index in [4.69, 9.17) is 9.26 Å². The van der Waals surface area contributed by atoms with Crippen LogP contribution in [0.3, 0.4) is 0 Å². The third-order valence-corrected chi connectivity index (χ3v) is 4.43. The first-order valence-electron chi connectivity index (χ1n) is 5.94. The fourth-order valence-corrected chi connectivity index (χ4v) is 3.37. The Labute approximate surface area is 126 Å². The second-order valence-electron chi connectivity index (χ2n) is 4.20. The molecule has 2 aromatic rings. The van der Waals surface area contributed by atoms with Gasteiger partial charge in [0.05, 0.1) is 12.8 Å². The summed E-state index contributed by atoms with van der Waals surface area (Å²) in [5.74, 6) is 1.25. The number of ether oxygens (including phenoxy) is 1. The van der Waals surface area contributed by atoms with Crippen molar-refractivity contribution in [3.05, 3.63) is 53.0 Å². The van der Waals surface area contributed by atoms with Crippen LogP contribution in [0.2, 0.25) is 0 Å². The maximum Gasteiger partial charge on any atom is 0.338 e. The van der Waals surface area contributed by atoms with Crippen LogP contribution in [0.5, 0.6) is 11.5 Å². The van der Waals surface area contributed by atoms with Crippen LogP contribution in [0.15, 0.2) is 53.0 Å². The molecule has 6 heteroatoms. The highest BCUT2D eigenvalue weighted by Crippen LogP contribution is 2.44. The molecule has 2 aromatic carbocycles. The van der Waals surface area contributed by atoms with Crippen LogP contribution >= 0.6 is 23.4 Å². The van der Waals surface area contributed by atoms with Crippen molar-refractivity contribution in [1.29, 1.82) is 0 Å². The molecule has 4 nitrogen and oxygen atoms in total. The molecule has 0 heterocycles. The summed E-state index contributed by atoms with van der Waals surface area (Å²) in [6.45, 7) is 1.54. The zero-order valence-corrected chi connectivity index (χ0v) is 13.6. The Kier molecular flexibility index (Phi) is 4.73. The van der Waals surface area contributed by atoms with E-state index in [9.17, 15) is 4.57 Å². The number of methoxy groups -OCH3 is 1. The van der Waals surface area contributed by atoms with Gasteiger partial charge in [0.25, 0.3) is 0 Å². The Balaban J connectivity index is 2.10. The van der Waals surface area contributed by atoms with Gasteiger partial charge in [-0.2, -0.15) is 0 Å². The van der Waals surface area contributed by atoms with Crippen LogP contribution in [0.4, 0.5) is 5.69 Å². The van der Waals surface area contributed by atoms with E-state index in [-0.39, 0.29) is 0 Å². The normalized spacial score (nSPS) is 13.3. The second kappa shape index (κ2) is 6.33. The summed E-state index contributed by atoms with van der Waals surface area (Å²) < 4.78 is 23.9. The minimum atomic E-state index is -3.01. The molecule has 0 aromatic heterocycles. The van der Waals surface area contributed by atoms with Crippen molar-refractivity contribution in [2.75, 3.05) is 18.9 Å². The molecule has 0 saturated carbocycles. The molecule has 0 aliphatic rings. The Morgan fingerprint density at radius 3 is 2.25 bits per heavy atom. The van der Waals surface area contributed by atoms with E-state index < -0.39 is 7.52 Å². The van der Waals surface area contributed by atoms with Gasteiger partial charge in [-0.05, 0) is 52.3 Å². The molecule has 0 fully saturated rings. The Hall–Kier alpha value is -1.45. The highest BCUT2D eigenvalue weighted by atomic mass is 79.9. The molecule has 0 aliphatic carbocycles. The first-order chi connectivity index (χ1) is 9.50. The zero-order chi connectivity index (χ0) is 14.6. The zero-order valence-electron chi connectivity index (χ0n) is 11.2. The van der Waals surface area contributed by atoms with Gasteiger partial charge < -0.3 is 14.3 Å². The maximum atomic E-state index is 12.5. The summed E-state index contributed by atoms with van der Waals surface area (Å²) in [4.78, 5) is 0. The lowest BCUT2D eigenvalue weighted by atomic mass is 10.3. The molecule has 0 spiro atoms. The van der Waals surface area contributed by atoms with Gasteiger partial charge >= 0.3 is 7.52 Å². The van der Waals surface area contributed by atoms with Crippen LogP contribution in [-0.4, -0.2) is 13.8 Å². The SMILES string of the molecule is COc1ccc(O[P@](C)(=O)Nc2ccccc2Br)cc1. The Morgan fingerprint density at radius 2 is 1.65 bits per heavy atom. The average molecular weight is 356 g/mol. The first kappa shape index (κ1) is 14.9. The van der Waals surface area contributed by atoms with E-state index in [1.54, 1.807) is 31.4 Å². The highest BCUT2D eigenvalue weighted by molar-refractivity contribution is 9.10. The number of benzene rings is 2. The van der Waals surface area contributed by atoms with Crippen LogP contribution < -0.4 is 14.3 Å². The average Bonchev–Trinajstić information content (AvgIpc) is 2.41. The lowest BCUT2D eigenvalue weighted by Gasteiger charge is -2.18. The largest absolute Gasteiger partial charge is 0.497 e. The second-order valence-corrected chi connectivity index (χ2v) is 7.16. The third-order valence-electron chi connectivity index (χ3n) is 2.54. The number of rotatable bonds is 5. The highest BCUT2D eigenvalue weighted by Gasteiger charge is 2.18. The molecule has 0 bridgehead atoms. The van der Waals surface area contributed by atoms with E-state index in [1.807, 2.05) is 24.3 Å². The van der Waals surface area contributed by atoms with Crippen molar-refractivity contribution < 1.29 is 13.8 Å². The molecule has 0 saturated heterocycles. The predicted molar refractivity (Wildman–Crippen MR) is 84.9 cm³/mol. The standard InChI is InChI=1S/C14H15BrNO3P/c1-18-11-7-9-12(10-8-11)19-20(2,17)16-14-6-4-3-5-13(14)15/h3-10H,1-2H3,(H,16,17)/t20-/m0/s1. The number of para-hydroxylation sites is 1. The summed E-state index contributed by atoms with van der Waals surface area (Å²) in [5, 5.41) is 2.92. The molecule has 2 rings (SSSR count). The summed E-state index contributed by atoms with van der Waals surface area (Å²) in [7, 11) is -1.42. The number of hydrogen-bond donors (Lipinski definition) is 1. The van der Waals surface area contributed by atoms with Crippen LogP contribution in [0, 0.1) is 0 Å². The molecule has 0 radical (unpaired) electrons. The monoisotopic (exact) mass is 355 g/mol. The minimum absolute atomic E-state index is 0.524. The fourth-order valence-electron chi connectivity index (χ4n) is 1.63. The molecule has 106 valence electrons. The van der Waals surface area contributed by atoms with Gasteiger partial charge in [0.2, 0.25) is 0 Å². The van der Waals surface area contributed by atoms with E-state index >= 15 is 0 Å². The summed E-state index contributed by atoms with van der Waals surface area (Å²) >= 11 is 3.40. The van der Waals surface area contributed by atoms with Crippen molar-refractivity contribution >= 4 is 29.1 Å². The third kappa shape index (κ3) is 4.02. The number of nitrogens with one attached hydrogen (secondary N) is 1. The summed E-state index contributed by atoms with van der Waals surface area (Å²) in [6, 6.07) is 14.4. The van der Waals surface area contributed by atoms with E-state index in [0.29, 0.717) is 5.75 Å².